The molecule has 27 heavy (non-hydrogen) atoms. The van der Waals surface area contributed by atoms with Gasteiger partial charge in [0.05, 0.1) is 43.0 Å². The lowest BCUT2D eigenvalue weighted by atomic mass is 10.1. The highest BCUT2D eigenvalue weighted by molar-refractivity contribution is 7.89. The molecule has 0 aliphatic carbocycles. The van der Waals surface area contributed by atoms with Crippen LogP contribution in [0.15, 0.2) is 71.6 Å². The minimum atomic E-state index is -1.46. The van der Waals surface area contributed by atoms with Crippen LogP contribution in [0, 0.1) is 0 Å². The fourth-order valence-corrected chi connectivity index (χ4v) is 3.68. The van der Waals surface area contributed by atoms with Crippen molar-refractivity contribution in [2.24, 2.45) is 0 Å². The van der Waals surface area contributed by atoms with E-state index in [4.69, 9.17) is 9.47 Å². The van der Waals surface area contributed by atoms with Crippen molar-refractivity contribution < 1.29 is 23.2 Å². The number of rotatable bonds is 10. The first-order valence-electron chi connectivity index (χ1n) is 8.50. The number of benzene rings is 2. The van der Waals surface area contributed by atoms with E-state index < -0.39 is 16.8 Å². The molecule has 0 saturated carbocycles. The second-order valence-electron chi connectivity index (χ2n) is 5.76. The molecule has 0 heterocycles. The van der Waals surface area contributed by atoms with E-state index in [0.29, 0.717) is 11.5 Å². The normalized spacial score (nSPS) is 13.8. The SMILES string of the molecule is COC(=O)/C=C(\COCc1ccccc1)S(=O)C[C@@H](OC)c1ccccc1. The molecule has 2 aromatic rings. The van der Waals surface area contributed by atoms with Crippen molar-refractivity contribution in [1.82, 2.24) is 0 Å². The fourth-order valence-electron chi connectivity index (χ4n) is 2.42. The predicted octanol–water partition coefficient (Wildman–Crippen LogP) is 3.40. The molecule has 6 heteroatoms. The number of hydrogen-bond acceptors (Lipinski definition) is 5. The first kappa shape index (κ1) is 21.0. The highest BCUT2D eigenvalue weighted by Gasteiger charge is 2.18. The number of ether oxygens (including phenoxy) is 3. The molecule has 144 valence electrons. The molecule has 0 aliphatic rings. The molecule has 2 atom stereocenters. The maximum atomic E-state index is 12.9. The van der Waals surface area contributed by atoms with Gasteiger partial charge in [-0.1, -0.05) is 60.7 Å². The molecular formula is C21H24O5S. The van der Waals surface area contributed by atoms with Crippen LogP contribution >= 0.6 is 0 Å². The Morgan fingerprint density at radius 2 is 1.67 bits per heavy atom. The van der Waals surface area contributed by atoms with Crippen LogP contribution in [-0.4, -0.2) is 36.8 Å². The zero-order valence-electron chi connectivity index (χ0n) is 15.5. The number of esters is 1. The van der Waals surface area contributed by atoms with Gasteiger partial charge in [0, 0.05) is 18.1 Å². The topological polar surface area (TPSA) is 61.8 Å². The fraction of sp³-hybridized carbons (Fsp3) is 0.286. The molecule has 0 amide bonds. The molecule has 1 unspecified atom stereocenters. The van der Waals surface area contributed by atoms with E-state index >= 15 is 0 Å². The lowest BCUT2D eigenvalue weighted by molar-refractivity contribution is -0.134. The van der Waals surface area contributed by atoms with Crippen LogP contribution in [0.25, 0.3) is 0 Å². The Labute approximate surface area is 162 Å². The average molecular weight is 388 g/mol. The van der Waals surface area contributed by atoms with Gasteiger partial charge in [0.25, 0.3) is 0 Å². The molecule has 0 fully saturated rings. The Morgan fingerprint density at radius 3 is 2.26 bits per heavy atom. The van der Waals surface area contributed by atoms with E-state index in [1.54, 1.807) is 7.11 Å². The van der Waals surface area contributed by atoms with Crippen LogP contribution in [0.3, 0.4) is 0 Å². The number of hydrogen-bond donors (Lipinski definition) is 0. The average Bonchev–Trinajstić information content (AvgIpc) is 2.72. The maximum Gasteiger partial charge on any atom is 0.331 e. The van der Waals surface area contributed by atoms with Gasteiger partial charge in [0.1, 0.15) is 0 Å². The van der Waals surface area contributed by atoms with E-state index in [0.717, 1.165) is 11.1 Å². The Hall–Kier alpha value is -2.28. The Bertz CT molecular complexity index is 759. The smallest absolute Gasteiger partial charge is 0.331 e. The van der Waals surface area contributed by atoms with Gasteiger partial charge in [-0.2, -0.15) is 0 Å². The van der Waals surface area contributed by atoms with Crippen LogP contribution in [0.2, 0.25) is 0 Å². The van der Waals surface area contributed by atoms with Gasteiger partial charge in [0.2, 0.25) is 0 Å². The summed E-state index contributed by atoms with van der Waals surface area (Å²) in [5, 5.41) is 0. The van der Waals surface area contributed by atoms with Crippen LogP contribution < -0.4 is 0 Å². The van der Waals surface area contributed by atoms with Crippen molar-refractivity contribution in [3.63, 3.8) is 0 Å². The second-order valence-corrected chi connectivity index (χ2v) is 7.31. The van der Waals surface area contributed by atoms with Crippen molar-refractivity contribution in [3.05, 3.63) is 82.8 Å². The van der Waals surface area contributed by atoms with Crippen molar-refractivity contribution in [1.29, 1.82) is 0 Å². The first-order chi connectivity index (χ1) is 13.1. The summed E-state index contributed by atoms with van der Waals surface area (Å²) in [6, 6.07) is 19.2. The molecule has 5 nitrogen and oxygen atoms in total. The van der Waals surface area contributed by atoms with Crippen LogP contribution in [-0.2, 0) is 36.4 Å². The van der Waals surface area contributed by atoms with E-state index in [1.165, 1.54) is 13.2 Å². The monoisotopic (exact) mass is 388 g/mol. The maximum absolute atomic E-state index is 12.9. The molecular weight excluding hydrogens is 364 g/mol. The highest BCUT2D eigenvalue weighted by Crippen LogP contribution is 2.20. The van der Waals surface area contributed by atoms with E-state index in [1.807, 2.05) is 60.7 Å². The minimum absolute atomic E-state index is 0.0713. The molecule has 0 aliphatic heterocycles. The first-order valence-corrected chi connectivity index (χ1v) is 9.82. The third kappa shape index (κ3) is 7.09. The quantitative estimate of drug-likeness (QED) is 0.461. The third-order valence-corrected chi connectivity index (χ3v) is 5.31. The molecule has 0 aromatic heterocycles. The largest absolute Gasteiger partial charge is 0.466 e. The van der Waals surface area contributed by atoms with E-state index in [-0.39, 0.29) is 18.5 Å². The van der Waals surface area contributed by atoms with Crippen LogP contribution in [0.1, 0.15) is 17.2 Å². The molecule has 0 spiro atoms. The summed E-state index contributed by atoms with van der Waals surface area (Å²) < 4.78 is 28.7. The molecule has 0 bridgehead atoms. The third-order valence-electron chi connectivity index (χ3n) is 3.89. The molecule has 2 aromatic carbocycles. The Kier molecular flexibility index (Phi) is 8.91. The highest BCUT2D eigenvalue weighted by atomic mass is 32.2. The molecule has 0 saturated heterocycles. The zero-order valence-corrected chi connectivity index (χ0v) is 16.3. The lowest BCUT2D eigenvalue weighted by Gasteiger charge is -2.16. The molecule has 0 radical (unpaired) electrons. The second kappa shape index (κ2) is 11.4. The van der Waals surface area contributed by atoms with Gasteiger partial charge >= 0.3 is 5.97 Å². The Morgan fingerprint density at radius 1 is 1.04 bits per heavy atom. The Balaban J connectivity index is 2.04. The van der Waals surface area contributed by atoms with Crippen molar-refractivity contribution in [2.75, 3.05) is 26.6 Å². The minimum Gasteiger partial charge on any atom is -0.466 e. The van der Waals surface area contributed by atoms with Gasteiger partial charge in [-0.15, -0.1) is 0 Å². The summed E-state index contributed by atoms with van der Waals surface area (Å²) in [5.41, 5.74) is 1.93. The zero-order chi connectivity index (χ0) is 19.5. The number of carbonyl (C=O) groups excluding carboxylic acids is 1. The van der Waals surface area contributed by atoms with Crippen LogP contribution in [0.4, 0.5) is 0 Å². The van der Waals surface area contributed by atoms with E-state index in [2.05, 4.69) is 4.74 Å². The standard InChI is InChI=1S/C21H24O5S/c1-24-20(18-11-7-4-8-12-18)16-27(23)19(13-21(22)25-2)15-26-14-17-9-5-3-6-10-17/h3-13,20H,14-16H2,1-2H3/b19-13+/t20-,27?/m1/s1. The summed E-state index contributed by atoms with van der Waals surface area (Å²) in [6.07, 6.45) is 0.890. The van der Waals surface area contributed by atoms with Gasteiger partial charge in [0.15, 0.2) is 0 Å². The predicted molar refractivity (Wildman–Crippen MR) is 105 cm³/mol. The van der Waals surface area contributed by atoms with Crippen LogP contribution in [0.5, 0.6) is 0 Å². The number of carbonyl (C=O) groups is 1. The summed E-state index contributed by atoms with van der Waals surface area (Å²) in [4.78, 5) is 12.0. The summed E-state index contributed by atoms with van der Waals surface area (Å²) in [5.74, 6) is -0.340. The van der Waals surface area contributed by atoms with Gasteiger partial charge in [-0.25, -0.2) is 4.79 Å². The van der Waals surface area contributed by atoms with Gasteiger partial charge in [-0.3, -0.25) is 4.21 Å². The lowest BCUT2D eigenvalue weighted by Crippen LogP contribution is -2.16. The van der Waals surface area contributed by atoms with Crippen molar-refractivity contribution in [2.45, 2.75) is 12.7 Å². The van der Waals surface area contributed by atoms with Gasteiger partial charge in [-0.05, 0) is 11.1 Å². The number of methoxy groups -OCH3 is 2. The van der Waals surface area contributed by atoms with Gasteiger partial charge < -0.3 is 14.2 Å². The molecule has 0 N–H and O–H groups in total. The molecule has 2 rings (SSSR count). The van der Waals surface area contributed by atoms with E-state index in [9.17, 15) is 9.00 Å². The van der Waals surface area contributed by atoms with Crippen molar-refractivity contribution >= 4 is 16.8 Å². The summed E-state index contributed by atoms with van der Waals surface area (Å²) in [6.45, 7) is 0.435. The van der Waals surface area contributed by atoms with Crippen molar-refractivity contribution in [3.8, 4) is 0 Å². The summed E-state index contributed by atoms with van der Waals surface area (Å²) >= 11 is 0. The summed E-state index contributed by atoms with van der Waals surface area (Å²) in [7, 11) is 1.40.